The molecule has 2 heterocycles. The van der Waals surface area contributed by atoms with Crippen LogP contribution in [0.2, 0.25) is 0 Å². The summed E-state index contributed by atoms with van der Waals surface area (Å²) < 4.78 is 8.97. The zero-order chi connectivity index (χ0) is 40.3. The highest BCUT2D eigenvalue weighted by Crippen LogP contribution is 2.44. The van der Waals surface area contributed by atoms with Gasteiger partial charge in [0.25, 0.3) is 0 Å². The second-order valence-electron chi connectivity index (χ2n) is 15.6. The lowest BCUT2D eigenvalue weighted by atomic mass is 9.97. The van der Waals surface area contributed by atoms with Crippen LogP contribution in [0.15, 0.2) is 235 Å². The lowest BCUT2D eigenvalue weighted by Crippen LogP contribution is -2.11. The number of para-hydroxylation sites is 4. The van der Waals surface area contributed by atoms with Gasteiger partial charge in [-0.3, -0.25) is 0 Å². The number of rotatable bonds is 7. The molecule has 0 saturated heterocycles. The van der Waals surface area contributed by atoms with E-state index in [1.165, 1.54) is 38.3 Å². The van der Waals surface area contributed by atoms with Gasteiger partial charge in [0.05, 0.1) is 22.4 Å². The smallest absolute Gasteiger partial charge is 0.143 e. The average molecular weight is 779 g/mol. The van der Waals surface area contributed by atoms with Crippen LogP contribution in [0.1, 0.15) is 0 Å². The Balaban J connectivity index is 0.984. The molecule has 286 valence electrons. The molecule has 0 bridgehead atoms. The number of hydrogen-bond donors (Lipinski definition) is 0. The van der Waals surface area contributed by atoms with E-state index in [4.69, 9.17) is 4.42 Å². The van der Waals surface area contributed by atoms with Gasteiger partial charge >= 0.3 is 0 Å². The van der Waals surface area contributed by atoms with Crippen molar-refractivity contribution in [3.05, 3.63) is 231 Å². The van der Waals surface area contributed by atoms with Crippen LogP contribution >= 0.6 is 0 Å². The van der Waals surface area contributed by atoms with Crippen LogP contribution in [0, 0.1) is 0 Å². The third-order valence-corrected chi connectivity index (χ3v) is 12.2. The molecular formula is C58H38N2O. The summed E-state index contributed by atoms with van der Waals surface area (Å²) in [6.45, 7) is 0. The van der Waals surface area contributed by atoms with Crippen molar-refractivity contribution in [3.8, 4) is 39.1 Å². The molecule has 0 aliphatic heterocycles. The SMILES string of the molecule is c1ccc(-c2ccccc2N(c2ccc(-c3ccccc3-n3c4ccccc4c4ccccc43)cc2)c2ccc(-c3cccc4oc5c6ccccc6ccc5c34)cc2)cc1. The van der Waals surface area contributed by atoms with Crippen LogP contribution in [0.5, 0.6) is 0 Å². The molecule has 0 unspecified atom stereocenters. The molecule has 0 N–H and O–H groups in total. The van der Waals surface area contributed by atoms with Gasteiger partial charge in [0.1, 0.15) is 11.2 Å². The maximum atomic E-state index is 6.56. The average Bonchev–Trinajstić information content (AvgIpc) is 3.89. The molecule has 10 aromatic carbocycles. The van der Waals surface area contributed by atoms with E-state index in [1.54, 1.807) is 0 Å². The van der Waals surface area contributed by atoms with Crippen LogP contribution in [-0.2, 0) is 0 Å². The summed E-state index contributed by atoms with van der Waals surface area (Å²) in [6, 6.07) is 82.8. The normalized spacial score (nSPS) is 11.6. The van der Waals surface area contributed by atoms with Gasteiger partial charge in [-0.25, -0.2) is 0 Å². The van der Waals surface area contributed by atoms with Gasteiger partial charge in [0.2, 0.25) is 0 Å². The Morgan fingerprint density at radius 1 is 0.344 bits per heavy atom. The Kier molecular flexibility index (Phi) is 8.17. The molecule has 61 heavy (non-hydrogen) atoms. The second-order valence-corrected chi connectivity index (χ2v) is 15.6. The van der Waals surface area contributed by atoms with Crippen LogP contribution in [0.4, 0.5) is 17.1 Å². The fourth-order valence-corrected chi connectivity index (χ4v) is 9.43. The first-order valence-corrected chi connectivity index (χ1v) is 20.8. The Morgan fingerprint density at radius 3 is 1.61 bits per heavy atom. The molecule has 3 nitrogen and oxygen atoms in total. The number of nitrogens with zero attached hydrogens (tertiary/aromatic N) is 2. The predicted octanol–water partition coefficient (Wildman–Crippen LogP) is 16.3. The third-order valence-electron chi connectivity index (χ3n) is 12.2. The first kappa shape index (κ1) is 34.9. The zero-order valence-corrected chi connectivity index (χ0v) is 33.2. The minimum absolute atomic E-state index is 0.895. The first-order valence-electron chi connectivity index (χ1n) is 20.8. The van der Waals surface area contributed by atoms with Gasteiger partial charge in [-0.15, -0.1) is 0 Å². The standard InChI is InChI=1S/C58H38N2O/c1-2-15-39(16-3-1)45-18-6-10-24-52(45)59(44-36-31-42(32-37-44)47-23-14-28-56-57(47)51-38-33-40-17-4-5-20-48(40)58(51)61-56)43-34-29-41(30-35-43)46-19-7-11-25-53(46)60-54-26-12-8-21-49(54)50-22-9-13-27-55(50)60/h1-38H. The van der Waals surface area contributed by atoms with Gasteiger partial charge in [-0.1, -0.05) is 170 Å². The maximum absolute atomic E-state index is 6.56. The van der Waals surface area contributed by atoms with Crippen molar-refractivity contribution in [2.24, 2.45) is 0 Å². The van der Waals surface area contributed by atoms with Crippen LogP contribution in [0.3, 0.4) is 0 Å². The predicted molar refractivity (Wildman–Crippen MR) is 257 cm³/mol. The van der Waals surface area contributed by atoms with Crippen molar-refractivity contribution < 1.29 is 4.42 Å². The molecule has 2 aromatic heterocycles. The number of aromatic nitrogens is 1. The molecule has 0 amide bonds. The summed E-state index contributed by atoms with van der Waals surface area (Å²) in [6.07, 6.45) is 0. The van der Waals surface area contributed by atoms with Crippen LogP contribution < -0.4 is 4.90 Å². The minimum Gasteiger partial charge on any atom is -0.455 e. The molecule has 0 aliphatic rings. The number of fused-ring (bicyclic) bond motifs is 8. The summed E-state index contributed by atoms with van der Waals surface area (Å²) in [5, 5.41) is 7.09. The lowest BCUT2D eigenvalue weighted by Gasteiger charge is -2.28. The Hall–Kier alpha value is -8.14. The van der Waals surface area contributed by atoms with Crippen molar-refractivity contribution in [3.63, 3.8) is 0 Å². The number of hydrogen-bond acceptors (Lipinski definition) is 2. The Labute approximate surface area is 353 Å². The van der Waals surface area contributed by atoms with Gasteiger partial charge in [-0.05, 0) is 88.3 Å². The highest BCUT2D eigenvalue weighted by molar-refractivity contribution is 6.19. The molecule has 0 fully saturated rings. The molecular weight excluding hydrogens is 741 g/mol. The van der Waals surface area contributed by atoms with Gasteiger partial charge in [-0.2, -0.15) is 0 Å². The molecule has 0 saturated carbocycles. The van der Waals surface area contributed by atoms with E-state index in [-0.39, 0.29) is 0 Å². The minimum atomic E-state index is 0.895. The van der Waals surface area contributed by atoms with Crippen molar-refractivity contribution in [2.75, 3.05) is 4.90 Å². The summed E-state index contributed by atoms with van der Waals surface area (Å²) in [4.78, 5) is 2.38. The van der Waals surface area contributed by atoms with E-state index in [0.717, 1.165) is 72.3 Å². The fourth-order valence-electron chi connectivity index (χ4n) is 9.43. The second kappa shape index (κ2) is 14.3. The van der Waals surface area contributed by atoms with Crippen molar-refractivity contribution in [1.29, 1.82) is 0 Å². The van der Waals surface area contributed by atoms with Crippen LogP contribution in [0.25, 0.3) is 93.6 Å². The first-order chi connectivity index (χ1) is 30.3. The molecule has 0 spiro atoms. The van der Waals surface area contributed by atoms with Crippen molar-refractivity contribution >= 4 is 71.6 Å². The molecule has 0 aliphatic carbocycles. The van der Waals surface area contributed by atoms with Gasteiger partial charge in [0, 0.05) is 49.4 Å². The summed E-state index contributed by atoms with van der Waals surface area (Å²) in [5.74, 6) is 0. The van der Waals surface area contributed by atoms with E-state index < -0.39 is 0 Å². The quantitative estimate of drug-likeness (QED) is 0.161. The number of furan rings is 1. The Morgan fingerprint density at radius 2 is 0.885 bits per heavy atom. The van der Waals surface area contributed by atoms with E-state index in [9.17, 15) is 0 Å². The van der Waals surface area contributed by atoms with E-state index >= 15 is 0 Å². The summed E-state index contributed by atoms with van der Waals surface area (Å²) in [7, 11) is 0. The monoisotopic (exact) mass is 778 g/mol. The maximum Gasteiger partial charge on any atom is 0.143 e. The lowest BCUT2D eigenvalue weighted by molar-refractivity contribution is 0.673. The summed E-state index contributed by atoms with van der Waals surface area (Å²) in [5.41, 5.74) is 15.6. The number of benzene rings is 10. The Bertz CT molecular complexity index is 3520. The summed E-state index contributed by atoms with van der Waals surface area (Å²) >= 11 is 0. The highest BCUT2D eigenvalue weighted by Gasteiger charge is 2.20. The van der Waals surface area contributed by atoms with Crippen LogP contribution in [-0.4, -0.2) is 4.57 Å². The molecule has 12 aromatic rings. The topological polar surface area (TPSA) is 21.3 Å². The van der Waals surface area contributed by atoms with Crippen molar-refractivity contribution in [2.45, 2.75) is 0 Å². The molecule has 0 atom stereocenters. The van der Waals surface area contributed by atoms with E-state index in [2.05, 4.69) is 240 Å². The van der Waals surface area contributed by atoms with Gasteiger partial charge < -0.3 is 13.9 Å². The molecule has 0 radical (unpaired) electrons. The molecule has 3 heteroatoms. The zero-order valence-electron chi connectivity index (χ0n) is 33.2. The van der Waals surface area contributed by atoms with E-state index in [0.29, 0.717) is 0 Å². The number of anilines is 3. The van der Waals surface area contributed by atoms with E-state index in [1.807, 2.05) is 0 Å². The van der Waals surface area contributed by atoms with Crippen molar-refractivity contribution in [1.82, 2.24) is 4.57 Å². The highest BCUT2D eigenvalue weighted by atomic mass is 16.3. The third kappa shape index (κ3) is 5.74. The van der Waals surface area contributed by atoms with Gasteiger partial charge in [0.15, 0.2) is 0 Å². The fraction of sp³-hybridized carbons (Fsp3) is 0. The largest absolute Gasteiger partial charge is 0.455 e. The molecule has 12 rings (SSSR count).